The Balaban J connectivity index is 1.33. The number of anilines is 2. The summed E-state index contributed by atoms with van der Waals surface area (Å²) in [5.74, 6) is 1.47. The summed E-state index contributed by atoms with van der Waals surface area (Å²) < 4.78 is 11.2. The second-order valence-electron chi connectivity index (χ2n) is 9.72. The van der Waals surface area contributed by atoms with E-state index in [4.69, 9.17) is 26.1 Å². The summed E-state index contributed by atoms with van der Waals surface area (Å²) in [5, 5.41) is 10.5. The van der Waals surface area contributed by atoms with Crippen LogP contribution in [-0.2, 0) is 4.74 Å². The number of aromatic amines is 1. The van der Waals surface area contributed by atoms with Crippen molar-refractivity contribution in [1.29, 1.82) is 0 Å². The van der Waals surface area contributed by atoms with Crippen molar-refractivity contribution >= 4 is 34.1 Å². The molecule has 0 spiro atoms. The molecule has 2 N–H and O–H groups in total. The highest BCUT2D eigenvalue weighted by Crippen LogP contribution is 2.42. The van der Waals surface area contributed by atoms with Gasteiger partial charge in [-0.15, -0.1) is 0 Å². The highest BCUT2D eigenvalue weighted by molar-refractivity contribution is 6.34. The molecule has 0 unspecified atom stereocenters. The van der Waals surface area contributed by atoms with Gasteiger partial charge >= 0.3 is 0 Å². The summed E-state index contributed by atoms with van der Waals surface area (Å²) in [6.07, 6.45) is 2.45. The van der Waals surface area contributed by atoms with E-state index in [2.05, 4.69) is 36.8 Å². The van der Waals surface area contributed by atoms with Crippen molar-refractivity contribution in [2.75, 3.05) is 62.8 Å². The minimum absolute atomic E-state index is 0.321. The van der Waals surface area contributed by atoms with Gasteiger partial charge in [0.25, 0.3) is 0 Å². The van der Waals surface area contributed by atoms with Gasteiger partial charge in [0.2, 0.25) is 0 Å². The Morgan fingerprint density at radius 2 is 2.09 bits per heavy atom. The van der Waals surface area contributed by atoms with Crippen LogP contribution in [0.25, 0.3) is 22.6 Å². The van der Waals surface area contributed by atoms with Gasteiger partial charge in [0.1, 0.15) is 17.1 Å². The molecule has 186 valence electrons. The van der Waals surface area contributed by atoms with Gasteiger partial charge in [-0.1, -0.05) is 11.6 Å². The number of nitrogens with zero attached hydrogens (tertiary/aromatic N) is 5. The largest absolute Gasteiger partial charge is 0.496 e. The fourth-order valence-electron chi connectivity index (χ4n) is 5.81. The van der Waals surface area contributed by atoms with Gasteiger partial charge in [-0.25, -0.2) is 9.97 Å². The molecule has 0 radical (unpaired) electrons. The predicted molar refractivity (Wildman–Crippen MR) is 137 cm³/mol. The standard InChI is InChI=1S/C25H31ClN6O3/c1-15(33)12-31-13-18-9-17(31)14-32(18)23-20(26)11-27-25-22(23)28-24(29-25)19-4-3-16(10-21(19)34-2)30-5-7-35-8-6-30/h3-4,10-11,15,17-18,33H,5-9,12-14H2,1-2H3,(H,27,28,29)/t15-,17-,18-/m0/s1. The molecule has 35 heavy (non-hydrogen) atoms. The number of hydrogen-bond donors (Lipinski definition) is 2. The van der Waals surface area contributed by atoms with Crippen LogP contribution in [0.2, 0.25) is 5.02 Å². The average molecular weight is 499 g/mol. The quantitative estimate of drug-likeness (QED) is 0.536. The monoisotopic (exact) mass is 498 g/mol. The topological polar surface area (TPSA) is 90.0 Å². The van der Waals surface area contributed by atoms with Crippen LogP contribution in [0.1, 0.15) is 13.3 Å². The maximum atomic E-state index is 9.84. The number of aliphatic hydroxyl groups excluding tert-OH is 1. The van der Waals surface area contributed by atoms with E-state index in [1.54, 1.807) is 13.3 Å². The summed E-state index contributed by atoms with van der Waals surface area (Å²) in [5.41, 5.74) is 4.45. The third-order valence-electron chi connectivity index (χ3n) is 7.40. The number of fused-ring (bicyclic) bond motifs is 3. The number of aromatic nitrogens is 3. The molecule has 2 bridgehead atoms. The van der Waals surface area contributed by atoms with Crippen LogP contribution in [0.3, 0.4) is 0 Å². The number of benzene rings is 1. The van der Waals surface area contributed by atoms with Crippen molar-refractivity contribution in [2.24, 2.45) is 0 Å². The number of imidazole rings is 1. The van der Waals surface area contributed by atoms with Crippen LogP contribution < -0.4 is 14.5 Å². The van der Waals surface area contributed by atoms with E-state index >= 15 is 0 Å². The second kappa shape index (κ2) is 9.13. The Morgan fingerprint density at radius 1 is 1.26 bits per heavy atom. The Labute approximate surface area is 209 Å². The van der Waals surface area contributed by atoms with E-state index in [9.17, 15) is 5.11 Å². The summed E-state index contributed by atoms with van der Waals surface area (Å²) in [7, 11) is 1.69. The van der Waals surface area contributed by atoms with Gasteiger partial charge in [-0.3, -0.25) is 4.90 Å². The van der Waals surface area contributed by atoms with Crippen molar-refractivity contribution < 1.29 is 14.6 Å². The van der Waals surface area contributed by atoms with Crippen LogP contribution in [0.15, 0.2) is 24.4 Å². The molecule has 3 atom stereocenters. The van der Waals surface area contributed by atoms with Crippen LogP contribution in [-0.4, -0.2) is 96.2 Å². The number of rotatable bonds is 6. The molecule has 3 aliphatic rings. The fourth-order valence-corrected chi connectivity index (χ4v) is 6.06. The van der Waals surface area contributed by atoms with Crippen molar-refractivity contribution in [3.05, 3.63) is 29.4 Å². The van der Waals surface area contributed by atoms with Gasteiger partial charge in [0.05, 0.1) is 48.9 Å². The first-order valence-corrected chi connectivity index (χ1v) is 12.6. The lowest BCUT2D eigenvalue weighted by atomic mass is 10.1. The molecule has 9 nitrogen and oxygen atoms in total. The highest BCUT2D eigenvalue weighted by atomic mass is 35.5. The zero-order valence-corrected chi connectivity index (χ0v) is 20.8. The number of halogens is 1. The molecule has 3 fully saturated rings. The lowest BCUT2D eigenvalue weighted by molar-refractivity contribution is 0.115. The molecule has 0 aliphatic carbocycles. The molecule has 10 heteroatoms. The Hall–Kier alpha value is -2.59. The van der Waals surface area contributed by atoms with E-state index in [-0.39, 0.29) is 6.10 Å². The molecule has 3 saturated heterocycles. The maximum absolute atomic E-state index is 9.84. The van der Waals surface area contributed by atoms with Crippen LogP contribution in [0.4, 0.5) is 11.4 Å². The first-order chi connectivity index (χ1) is 17.0. The van der Waals surface area contributed by atoms with Gasteiger partial charge in [-0.05, 0) is 25.5 Å². The average Bonchev–Trinajstić information content (AvgIpc) is 3.58. The first-order valence-electron chi connectivity index (χ1n) is 12.3. The van der Waals surface area contributed by atoms with Crippen LogP contribution in [0.5, 0.6) is 5.75 Å². The second-order valence-corrected chi connectivity index (χ2v) is 10.1. The van der Waals surface area contributed by atoms with Crippen molar-refractivity contribution in [3.63, 3.8) is 0 Å². The number of hydrogen-bond acceptors (Lipinski definition) is 8. The number of likely N-dealkylation sites (tertiary alicyclic amines) is 1. The molecule has 0 amide bonds. The number of piperazine rings is 1. The van der Waals surface area contributed by atoms with Gasteiger partial charge in [0.15, 0.2) is 5.65 Å². The molecule has 3 aliphatic heterocycles. The van der Waals surface area contributed by atoms with Gasteiger partial charge in [0, 0.05) is 56.6 Å². The van der Waals surface area contributed by atoms with E-state index < -0.39 is 0 Å². The molecule has 0 saturated carbocycles. The zero-order chi connectivity index (χ0) is 24.1. The number of pyridine rings is 1. The maximum Gasteiger partial charge on any atom is 0.180 e. The van der Waals surface area contributed by atoms with Crippen molar-refractivity contribution in [3.8, 4) is 17.1 Å². The number of β-amino-alcohol motifs (C(OH)–C–C–N with tert-alkyl or cyclic N) is 1. The molecule has 1 aromatic carbocycles. The summed E-state index contributed by atoms with van der Waals surface area (Å²) in [6, 6.07) is 6.99. The van der Waals surface area contributed by atoms with E-state index in [0.29, 0.717) is 35.1 Å². The summed E-state index contributed by atoms with van der Waals surface area (Å²) >= 11 is 6.72. The highest BCUT2D eigenvalue weighted by Gasteiger charge is 2.44. The first kappa shape index (κ1) is 22.8. The van der Waals surface area contributed by atoms with Crippen LogP contribution in [0, 0.1) is 0 Å². The lowest BCUT2D eigenvalue weighted by Gasteiger charge is -2.36. The van der Waals surface area contributed by atoms with Crippen molar-refractivity contribution in [2.45, 2.75) is 31.5 Å². The third kappa shape index (κ3) is 4.10. The molecule has 5 heterocycles. The van der Waals surface area contributed by atoms with E-state index in [0.717, 1.165) is 74.0 Å². The van der Waals surface area contributed by atoms with Gasteiger partial charge in [-0.2, -0.15) is 0 Å². The zero-order valence-electron chi connectivity index (χ0n) is 20.1. The van der Waals surface area contributed by atoms with E-state index in [1.165, 1.54) is 0 Å². The van der Waals surface area contributed by atoms with Crippen LogP contribution >= 0.6 is 11.6 Å². The summed E-state index contributed by atoms with van der Waals surface area (Å²) in [4.78, 5) is 19.9. The third-order valence-corrected chi connectivity index (χ3v) is 7.68. The number of aliphatic hydroxyl groups is 1. The smallest absolute Gasteiger partial charge is 0.180 e. The minimum Gasteiger partial charge on any atom is -0.496 e. The molecular formula is C25H31ClN6O3. The number of nitrogens with one attached hydrogen (secondary N) is 1. The van der Waals surface area contributed by atoms with E-state index in [1.807, 2.05) is 13.0 Å². The Morgan fingerprint density at radius 3 is 2.80 bits per heavy atom. The van der Waals surface area contributed by atoms with Crippen molar-refractivity contribution in [1.82, 2.24) is 19.9 Å². The fraction of sp³-hybridized carbons (Fsp3) is 0.520. The Kier molecular flexibility index (Phi) is 5.96. The molecule has 3 aromatic rings. The minimum atomic E-state index is -0.321. The van der Waals surface area contributed by atoms with Gasteiger partial charge < -0.3 is 29.4 Å². The SMILES string of the molecule is COc1cc(N2CCOCC2)ccc1-c1nc2ncc(Cl)c(N3C[C@@H]4C[C@H]3CN4C[C@H](C)O)c2[nH]1. The lowest BCUT2D eigenvalue weighted by Crippen LogP contribution is -2.48. The molecule has 6 rings (SSSR count). The number of methoxy groups -OCH3 is 1. The molecular weight excluding hydrogens is 468 g/mol. The number of H-pyrrole nitrogens is 1. The number of ether oxygens (including phenoxy) is 2. The normalized spacial score (nSPS) is 23.4. The number of morpholine rings is 1. The molecule has 2 aromatic heterocycles. The summed E-state index contributed by atoms with van der Waals surface area (Å²) in [6.45, 7) is 7.56. The Bertz CT molecular complexity index is 1230. The predicted octanol–water partition coefficient (Wildman–Crippen LogP) is 2.77.